The van der Waals surface area contributed by atoms with E-state index in [9.17, 15) is 10.2 Å². The van der Waals surface area contributed by atoms with Crippen molar-refractivity contribution in [3.8, 4) is 5.88 Å². The number of nitrogens with zero attached hydrogens (tertiary/aromatic N) is 2. The predicted molar refractivity (Wildman–Crippen MR) is 80.4 cm³/mol. The van der Waals surface area contributed by atoms with Gasteiger partial charge < -0.3 is 20.3 Å². The van der Waals surface area contributed by atoms with Gasteiger partial charge in [-0.2, -0.15) is 4.37 Å². The van der Waals surface area contributed by atoms with E-state index in [1.807, 2.05) is 30.3 Å². The highest BCUT2D eigenvalue weighted by Crippen LogP contribution is 2.06. The number of aliphatic hydroxyl groups is 2. The fraction of sp³-hybridized carbons (Fsp3) is 0.429. The Kier molecular flexibility index (Phi) is 6.55. The lowest BCUT2D eigenvalue weighted by atomic mass is 10.1. The topological polar surface area (TPSA) is 87.5 Å². The second-order valence-corrected chi connectivity index (χ2v) is 5.24. The first-order valence-electron chi connectivity index (χ1n) is 6.74. The molecule has 0 amide bonds. The van der Waals surface area contributed by atoms with E-state index in [0.29, 0.717) is 18.8 Å². The lowest BCUT2D eigenvalue weighted by Crippen LogP contribution is -2.41. The average molecular weight is 309 g/mol. The fourth-order valence-electron chi connectivity index (χ4n) is 1.86. The lowest BCUT2D eigenvalue weighted by Gasteiger charge is -2.19. The van der Waals surface area contributed by atoms with Gasteiger partial charge >= 0.3 is 0 Å². The molecular weight excluding hydrogens is 290 g/mol. The second kappa shape index (κ2) is 8.68. The van der Waals surface area contributed by atoms with Crippen molar-refractivity contribution < 1.29 is 14.9 Å². The van der Waals surface area contributed by atoms with Gasteiger partial charge in [0, 0.05) is 12.6 Å². The molecule has 2 aromatic rings. The lowest BCUT2D eigenvalue weighted by molar-refractivity contribution is 0.0979. The van der Waals surface area contributed by atoms with Gasteiger partial charge in [0.05, 0.1) is 18.3 Å². The normalized spacial score (nSPS) is 13.8. The molecule has 0 radical (unpaired) electrons. The Hall–Kier alpha value is -1.54. The standard InChI is InChI=1S/C14H19N3O3S/c18-9-12(6-11-4-2-1-3-5-11)15-7-13(19)10-20-14-8-16-21-17-14/h1-5,8,12-13,15,18-19H,6-7,9-10H2. The maximum atomic E-state index is 9.84. The molecule has 6 nitrogen and oxygen atoms in total. The van der Waals surface area contributed by atoms with Crippen LogP contribution >= 0.6 is 11.7 Å². The summed E-state index contributed by atoms with van der Waals surface area (Å²) in [4.78, 5) is 0. The van der Waals surface area contributed by atoms with Crippen LogP contribution in [0.3, 0.4) is 0 Å². The highest BCUT2D eigenvalue weighted by Gasteiger charge is 2.12. The molecule has 0 saturated heterocycles. The monoisotopic (exact) mass is 309 g/mol. The summed E-state index contributed by atoms with van der Waals surface area (Å²) in [5.74, 6) is 0.419. The van der Waals surface area contributed by atoms with Gasteiger partial charge in [-0.25, -0.2) is 0 Å². The molecule has 0 aliphatic carbocycles. The molecule has 2 rings (SSSR count). The van der Waals surface area contributed by atoms with Crippen LogP contribution in [-0.2, 0) is 6.42 Å². The molecule has 114 valence electrons. The van der Waals surface area contributed by atoms with Crippen LogP contribution in [0.25, 0.3) is 0 Å². The smallest absolute Gasteiger partial charge is 0.245 e. The summed E-state index contributed by atoms with van der Waals surface area (Å²) in [6, 6.07) is 9.82. The maximum absolute atomic E-state index is 9.84. The van der Waals surface area contributed by atoms with Crippen molar-refractivity contribution in [1.29, 1.82) is 0 Å². The van der Waals surface area contributed by atoms with E-state index in [4.69, 9.17) is 4.74 Å². The molecular formula is C14H19N3O3S. The molecule has 1 heterocycles. The van der Waals surface area contributed by atoms with Gasteiger partial charge in [0.1, 0.15) is 18.9 Å². The Morgan fingerprint density at radius 2 is 2.10 bits per heavy atom. The summed E-state index contributed by atoms with van der Waals surface area (Å²) in [6.45, 7) is 0.496. The third-order valence-corrected chi connectivity index (χ3v) is 3.41. The van der Waals surface area contributed by atoms with Crippen molar-refractivity contribution in [1.82, 2.24) is 14.1 Å². The second-order valence-electron chi connectivity index (χ2n) is 4.69. The molecule has 0 saturated carbocycles. The summed E-state index contributed by atoms with van der Waals surface area (Å²) in [7, 11) is 0. The Morgan fingerprint density at radius 3 is 2.76 bits per heavy atom. The molecule has 0 spiro atoms. The van der Waals surface area contributed by atoms with Crippen LogP contribution < -0.4 is 10.1 Å². The van der Waals surface area contributed by atoms with Crippen molar-refractivity contribution in [3.05, 3.63) is 42.1 Å². The van der Waals surface area contributed by atoms with Crippen molar-refractivity contribution >= 4 is 11.7 Å². The zero-order valence-corrected chi connectivity index (χ0v) is 12.4. The zero-order valence-electron chi connectivity index (χ0n) is 11.6. The van der Waals surface area contributed by atoms with Crippen LogP contribution in [0.1, 0.15) is 5.56 Å². The van der Waals surface area contributed by atoms with Crippen LogP contribution in [0, 0.1) is 0 Å². The Bertz CT molecular complexity index is 495. The van der Waals surface area contributed by atoms with Crippen LogP contribution in [0.2, 0.25) is 0 Å². The van der Waals surface area contributed by atoms with Crippen molar-refractivity contribution in [2.24, 2.45) is 0 Å². The molecule has 0 fully saturated rings. The maximum Gasteiger partial charge on any atom is 0.245 e. The molecule has 0 aliphatic heterocycles. The summed E-state index contributed by atoms with van der Waals surface area (Å²) in [5, 5.41) is 22.4. The number of aromatic nitrogens is 2. The van der Waals surface area contributed by atoms with Crippen molar-refractivity contribution in [2.45, 2.75) is 18.6 Å². The van der Waals surface area contributed by atoms with Crippen LogP contribution in [0.5, 0.6) is 5.88 Å². The average Bonchev–Trinajstić information content (AvgIpc) is 3.03. The largest absolute Gasteiger partial charge is 0.473 e. The minimum atomic E-state index is -0.670. The first kappa shape index (κ1) is 15.8. The quantitative estimate of drug-likeness (QED) is 0.624. The van der Waals surface area contributed by atoms with Crippen LogP contribution in [0.15, 0.2) is 36.5 Å². The van der Waals surface area contributed by atoms with E-state index >= 15 is 0 Å². The summed E-state index contributed by atoms with van der Waals surface area (Å²) in [5.41, 5.74) is 1.14. The van der Waals surface area contributed by atoms with Crippen LogP contribution in [-0.4, -0.2) is 50.9 Å². The van der Waals surface area contributed by atoms with Gasteiger partial charge in [-0.15, -0.1) is 4.37 Å². The van der Waals surface area contributed by atoms with E-state index < -0.39 is 6.10 Å². The van der Waals surface area contributed by atoms with Crippen molar-refractivity contribution in [3.63, 3.8) is 0 Å². The van der Waals surface area contributed by atoms with Gasteiger partial charge in [-0.3, -0.25) is 0 Å². The Morgan fingerprint density at radius 1 is 1.29 bits per heavy atom. The number of nitrogens with one attached hydrogen (secondary N) is 1. The number of ether oxygens (including phenoxy) is 1. The predicted octanol–water partition coefficient (Wildman–Crippen LogP) is 0.471. The van der Waals surface area contributed by atoms with Crippen molar-refractivity contribution in [2.75, 3.05) is 19.8 Å². The minimum absolute atomic E-state index is 0.0124. The SMILES string of the molecule is OCC(Cc1ccccc1)NCC(O)COc1cnsn1. The van der Waals surface area contributed by atoms with E-state index in [1.165, 1.54) is 6.20 Å². The highest BCUT2D eigenvalue weighted by molar-refractivity contribution is 6.99. The third kappa shape index (κ3) is 5.76. The number of hydrogen-bond acceptors (Lipinski definition) is 7. The van der Waals surface area contributed by atoms with Gasteiger partial charge in [-0.05, 0) is 12.0 Å². The van der Waals surface area contributed by atoms with E-state index in [0.717, 1.165) is 17.3 Å². The van der Waals surface area contributed by atoms with Gasteiger partial charge in [0.15, 0.2) is 0 Å². The molecule has 1 aromatic carbocycles. The number of rotatable bonds is 9. The minimum Gasteiger partial charge on any atom is -0.473 e. The number of aliphatic hydroxyl groups excluding tert-OH is 2. The first-order chi connectivity index (χ1) is 10.3. The van der Waals surface area contributed by atoms with Gasteiger partial charge in [0.2, 0.25) is 5.88 Å². The molecule has 1 aromatic heterocycles. The Labute approximate surface area is 127 Å². The van der Waals surface area contributed by atoms with E-state index in [-0.39, 0.29) is 19.3 Å². The molecule has 0 bridgehead atoms. The molecule has 21 heavy (non-hydrogen) atoms. The summed E-state index contributed by atoms with van der Waals surface area (Å²) < 4.78 is 13.0. The Balaban J connectivity index is 1.69. The molecule has 2 unspecified atom stereocenters. The van der Waals surface area contributed by atoms with E-state index in [1.54, 1.807) is 0 Å². The van der Waals surface area contributed by atoms with Gasteiger partial charge in [-0.1, -0.05) is 30.3 Å². The summed E-state index contributed by atoms with van der Waals surface area (Å²) in [6.07, 6.45) is 1.55. The van der Waals surface area contributed by atoms with Crippen LogP contribution in [0.4, 0.5) is 0 Å². The fourth-order valence-corrected chi connectivity index (χ4v) is 2.23. The number of benzene rings is 1. The molecule has 0 aliphatic rings. The molecule has 2 atom stereocenters. The van der Waals surface area contributed by atoms with Gasteiger partial charge in [0.25, 0.3) is 0 Å². The van der Waals surface area contributed by atoms with E-state index in [2.05, 4.69) is 14.1 Å². The molecule has 7 heteroatoms. The molecule has 3 N–H and O–H groups in total. The number of hydrogen-bond donors (Lipinski definition) is 3. The highest BCUT2D eigenvalue weighted by atomic mass is 32.1. The third-order valence-electron chi connectivity index (χ3n) is 2.95. The zero-order chi connectivity index (χ0) is 14.9. The first-order valence-corrected chi connectivity index (χ1v) is 7.47. The summed E-state index contributed by atoms with van der Waals surface area (Å²) >= 11 is 1.06.